The van der Waals surface area contributed by atoms with Gasteiger partial charge in [0, 0.05) is 12.5 Å². The van der Waals surface area contributed by atoms with E-state index in [-0.39, 0.29) is 0 Å². The Morgan fingerprint density at radius 3 is 2.64 bits per heavy atom. The fourth-order valence-electron chi connectivity index (χ4n) is 3.44. The molecule has 2 bridgehead atoms. The average Bonchev–Trinajstić information content (AvgIpc) is 2.79. The summed E-state index contributed by atoms with van der Waals surface area (Å²) in [5.74, 6) is 2.14. The van der Waals surface area contributed by atoms with Crippen LogP contribution in [0.3, 0.4) is 0 Å². The minimum atomic E-state index is -0.519. The fourth-order valence-corrected chi connectivity index (χ4v) is 3.44. The lowest BCUT2D eigenvalue weighted by Gasteiger charge is -2.34. The second kappa shape index (κ2) is 3.55. The maximum absolute atomic E-state index is 9.23. The fraction of sp³-hybridized carbons (Fsp3) is 0.917. The van der Waals surface area contributed by atoms with Gasteiger partial charge in [-0.1, -0.05) is 6.42 Å². The van der Waals surface area contributed by atoms with Crippen LogP contribution >= 0.6 is 0 Å². The van der Waals surface area contributed by atoms with Crippen LogP contribution in [0.5, 0.6) is 0 Å². The number of nitriles is 1. The molecule has 78 valence electrons. The van der Waals surface area contributed by atoms with E-state index in [1.165, 1.54) is 25.7 Å². The molecule has 0 aromatic rings. The molecule has 2 saturated carbocycles. The van der Waals surface area contributed by atoms with Crippen LogP contribution in [0.1, 0.15) is 39.5 Å². The Kier molecular flexibility index (Phi) is 2.53. The van der Waals surface area contributed by atoms with E-state index in [1.807, 2.05) is 13.8 Å². The summed E-state index contributed by atoms with van der Waals surface area (Å²) in [6, 6.07) is 2.38. The van der Waals surface area contributed by atoms with Crippen LogP contribution in [0.15, 0.2) is 0 Å². The molecule has 0 amide bonds. The summed E-state index contributed by atoms with van der Waals surface area (Å²) in [6.45, 7) is 4.60. The van der Waals surface area contributed by atoms with E-state index in [0.717, 1.165) is 11.8 Å². The minimum absolute atomic E-state index is 0.492. The lowest BCUT2D eigenvalue weighted by molar-refractivity contribution is -0.0420. The molecule has 2 rings (SSSR count). The maximum Gasteiger partial charge on any atom is 0.154 e. The van der Waals surface area contributed by atoms with Crippen LogP contribution in [0.2, 0.25) is 0 Å². The molecular weight excluding hydrogens is 174 g/mol. The Balaban J connectivity index is 2.10. The van der Waals surface area contributed by atoms with Gasteiger partial charge in [0.1, 0.15) is 0 Å². The highest BCUT2D eigenvalue weighted by Crippen LogP contribution is 2.52. The topological polar surface area (TPSA) is 33.0 Å². The first-order valence-electron chi connectivity index (χ1n) is 5.75. The lowest BCUT2D eigenvalue weighted by atomic mass is 9.78. The van der Waals surface area contributed by atoms with Crippen molar-refractivity contribution in [3.8, 4) is 6.07 Å². The molecule has 0 spiro atoms. The summed E-state index contributed by atoms with van der Waals surface area (Å²) in [6.07, 6.45) is 5.26. The zero-order chi connectivity index (χ0) is 10.2. The molecule has 0 heterocycles. The van der Waals surface area contributed by atoms with Gasteiger partial charge >= 0.3 is 0 Å². The highest BCUT2D eigenvalue weighted by molar-refractivity contribution is 5.09. The molecule has 0 aliphatic heterocycles. The second-order valence-corrected chi connectivity index (χ2v) is 4.93. The number of hydrogen-bond donors (Lipinski definition) is 0. The van der Waals surface area contributed by atoms with Crippen molar-refractivity contribution in [2.45, 2.75) is 45.1 Å². The standard InChI is InChI=1S/C12H19NO/c1-3-14-12(2,8-13)11-7-9-4-5-10(11)6-9/h9-11H,3-7H2,1-2H3. The maximum atomic E-state index is 9.23. The Hall–Kier alpha value is -0.550. The zero-order valence-corrected chi connectivity index (χ0v) is 9.12. The molecule has 0 saturated heterocycles. The molecule has 2 nitrogen and oxygen atoms in total. The highest BCUT2D eigenvalue weighted by Gasteiger charge is 2.49. The predicted octanol–water partition coefficient (Wildman–Crippen LogP) is 2.74. The number of nitrogens with zero attached hydrogens (tertiary/aromatic N) is 1. The van der Waals surface area contributed by atoms with E-state index >= 15 is 0 Å². The zero-order valence-electron chi connectivity index (χ0n) is 9.12. The van der Waals surface area contributed by atoms with E-state index < -0.39 is 5.60 Å². The molecule has 2 heteroatoms. The molecule has 0 aromatic heterocycles. The smallest absolute Gasteiger partial charge is 0.154 e. The molecule has 0 aromatic carbocycles. The van der Waals surface area contributed by atoms with Crippen molar-refractivity contribution in [1.82, 2.24) is 0 Å². The van der Waals surface area contributed by atoms with Gasteiger partial charge in [-0.05, 0) is 44.9 Å². The predicted molar refractivity (Wildman–Crippen MR) is 54.6 cm³/mol. The van der Waals surface area contributed by atoms with Gasteiger partial charge in [0.25, 0.3) is 0 Å². The third-order valence-electron chi connectivity index (χ3n) is 4.11. The number of rotatable bonds is 3. The monoisotopic (exact) mass is 193 g/mol. The van der Waals surface area contributed by atoms with E-state index in [2.05, 4.69) is 6.07 Å². The van der Waals surface area contributed by atoms with E-state index in [9.17, 15) is 5.26 Å². The van der Waals surface area contributed by atoms with Crippen molar-refractivity contribution in [1.29, 1.82) is 5.26 Å². The second-order valence-electron chi connectivity index (χ2n) is 4.93. The van der Waals surface area contributed by atoms with Gasteiger partial charge in [0.05, 0.1) is 6.07 Å². The highest BCUT2D eigenvalue weighted by atomic mass is 16.5. The first-order valence-corrected chi connectivity index (χ1v) is 5.75. The molecule has 2 aliphatic carbocycles. The quantitative estimate of drug-likeness (QED) is 0.690. The lowest BCUT2D eigenvalue weighted by Crippen LogP contribution is -2.39. The first-order chi connectivity index (χ1) is 6.69. The molecular formula is C12H19NO. The van der Waals surface area contributed by atoms with E-state index in [0.29, 0.717) is 12.5 Å². The van der Waals surface area contributed by atoms with Gasteiger partial charge in [-0.2, -0.15) is 5.26 Å². The van der Waals surface area contributed by atoms with Crippen LogP contribution in [-0.4, -0.2) is 12.2 Å². The van der Waals surface area contributed by atoms with Crippen LogP contribution in [0.25, 0.3) is 0 Å². The summed E-state index contributed by atoms with van der Waals surface area (Å²) in [4.78, 5) is 0. The summed E-state index contributed by atoms with van der Waals surface area (Å²) in [5, 5.41) is 9.23. The minimum Gasteiger partial charge on any atom is -0.360 e. The van der Waals surface area contributed by atoms with Crippen LogP contribution < -0.4 is 0 Å². The molecule has 4 atom stereocenters. The third kappa shape index (κ3) is 1.44. The Morgan fingerprint density at radius 2 is 2.21 bits per heavy atom. The van der Waals surface area contributed by atoms with Crippen molar-refractivity contribution in [2.24, 2.45) is 17.8 Å². The number of ether oxygens (including phenoxy) is 1. The first kappa shape index (κ1) is 9.98. The van der Waals surface area contributed by atoms with Gasteiger partial charge in [0.15, 0.2) is 5.60 Å². The molecule has 2 fully saturated rings. The SMILES string of the molecule is CCOC(C)(C#N)C1CC2CCC1C2. The van der Waals surface area contributed by atoms with Crippen LogP contribution in [-0.2, 0) is 4.74 Å². The largest absolute Gasteiger partial charge is 0.360 e. The third-order valence-corrected chi connectivity index (χ3v) is 4.11. The van der Waals surface area contributed by atoms with Crippen molar-refractivity contribution < 1.29 is 4.74 Å². The van der Waals surface area contributed by atoms with Crippen molar-refractivity contribution >= 4 is 0 Å². The summed E-state index contributed by atoms with van der Waals surface area (Å²) in [7, 11) is 0. The van der Waals surface area contributed by atoms with Gasteiger partial charge in [-0.15, -0.1) is 0 Å². The molecule has 0 N–H and O–H groups in total. The molecule has 0 radical (unpaired) electrons. The Morgan fingerprint density at radius 1 is 1.43 bits per heavy atom. The summed E-state index contributed by atoms with van der Waals surface area (Å²) in [5.41, 5.74) is -0.519. The van der Waals surface area contributed by atoms with Gasteiger partial charge < -0.3 is 4.74 Å². The van der Waals surface area contributed by atoms with Crippen molar-refractivity contribution in [2.75, 3.05) is 6.61 Å². The van der Waals surface area contributed by atoms with E-state index in [1.54, 1.807) is 0 Å². The Labute approximate surface area is 86.2 Å². The van der Waals surface area contributed by atoms with E-state index in [4.69, 9.17) is 4.74 Å². The van der Waals surface area contributed by atoms with Gasteiger partial charge in [-0.25, -0.2) is 0 Å². The number of fused-ring (bicyclic) bond motifs is 2. The Bertz CT molecular complexity index is 258. The van der Waals surface area contributed by atoms with Gasteiger partial charge in [0.2, 0.25) is 0 Å². The average molecular weight is 193 g/mol. The van der Waals surface area contributed by atoms with Crippen molar-refractivity contribution in [3.05, 3.63) is 0 Å². The summed E-state index contributed by atoms with van der Waals surface area (Å²) < 4.78 is 5.65. The van der Waals surface area contributed by atoms with Crippen LogP contribution in [0, 0.1) is 29.1 Å². The van der Waals surface area contributed by atoms with Crippen molar-refractivity contribution in [3.63, 3.8) is 0 Å². The molecule has 4 unspecified atom stereocenters. The number of hydrogen-bond acceptors (Lipinski definition) is 2. The normalized spacial score (nSPS) is 39.4. The molecule has 14 heavy (non-hydrogen) atoms. The van der Waals surface area contributed by atoms with Crippen LogP contribution in [0.4, 0.5) is 0 Å². The van der Waals surface area contributed by atoms with Gasteiger partial charge in [-0.3, -0.25) is 0 Å². The summed E-state index contributed by atoms with van der Waals surface area (Å²) >= 11 is 0. The molecule has 2 aliphatic rings.